The van der Waals surface area contributed by atoms with Crippen molar-refractivity contribution in [3.05, 3.63) is 48.1 Å². The number of rotatable bonds is 0. The molecule has 3 aliphatic rings. The van der Waals surface area contributed by atoms with E-state index in [4.69, 9.17) is 0 Å². The third-order valence-corrected chi connectivity index (χ3v) is 2.27. The molecule has 0 radical (unpaired) electrons. The molecule has 3 nitrogen and oxygen atoms in total. The van der Waals surface area contributed by atoms with Gasteiger partial charge in [0.2, 0.25) is 0 Å². The van der Waals surface area contributed by atoms with Crippen LogP contribution in [0.15, 0.2) is 53.2 Å². The lowest BCUT2D eigenvalue weighted by Gasteiger charge is -2.28. The van der Waals surface area contributed by atoms with Crippen LogP contribution in [-0.2, 0) is 0 Å². The summed E-state index contributed by atoms with van der Waals surface area (Å²) in [6.07, 6.45) is 14.2. The molecule has 0 amide bonds. The van der Waals surface area contributed by atoms with Crippen LogP contribution in [0.3, 0.4) is 0 Å². The van der Waals surface area contributed by atoms with Gasteiger partial charge in [-0.2, -0.15) is 5.10 Å². The molecule has 0 aromatic rings. The van der Waals surface area contributed by atoms with Crippen LogP contribution in [0.5, 0.6) is 0 Å². The summed E-state index contributed by atoms with van der Waals surface area (Å²) in [5, 5.41) is 6.12. The summed E-state index contributed by atoms with van der Waals surface area (Å²) in [5.41, 5.74) is 2.33. The first kappa shape index (κ1) is 6.71. The van der Waals surface area contributed by atoms with Gasteiger partial charge >= 0.3 is 0 Å². The van der Waals surface area contributed by atoms with E-state index in [1.54, 1.807) is 6.21 Å². The molecule has 0 aromatic heterocycles. The van der Waals surface area contributed by atoms with Gasteiger partial charge in [0.1, 0.15) is 0 Å². The lowest BCUT2D eigenvalue weighted by atomic mass is 10.3. The van der Waals surface area contributed by atoms with E-state index >= 15 is 0 Å². The predicted octanol–water partition coefficient (Wildman–Crippen LogP) is 1.41. The average molecular weight is 171 g/mol. The van der Waals surface area contributed by atoms with E-state index < -0.39 is 0 Å². The standard InChI is InChI=1S/C10H9N3/c1-3-10-7-12-6-2-4-9(12)8-13(10)11-5-1/h1-5,7-8H,6H2. The second-order valence-electron chi connectivity index (χ2n) is 3.13. The molecule has 13 heavy (non-hydrogen) atoms. The Hall–Kier alpha value is -1.77. The topological polar surface area (TPSA) is 18.8 Å². The minimum atomic E-state index is 0.973. The minimum Gasteiger partial charge on any atom is -0.341 e. The largest absolute Gasteiger partial charge is 0.341 e. The smallest absolute Gasteiger partial charge is 0.0809 e. The van der Waals surface area contributed by atoms with E-state index in [1.165, 1.54) is 5.70 Å². The van der Waals surface area contributed by atoms with Crippen LogP contribution >= 0.6 is 0 Å². The van der Waals surface area contributed by atoms with Gasteiger partial charge in [-0.1, -0.05) is 6.08 Å². The lowest BCUT2D eigenvalue weighted by Crippen LogP contribution is -2.23. The summed E-state index contributed by atoms with van der Waals surface area (Å²) in [7, 11) is 0. The molecule has 3 heterocycles. The number of hydrazone groups is 1. The minimum absolute atomic E-state index is 0.973. The maximum atomic E-state index is 4.23. The first-order valence-electron chi connectivity index (χ1n) is 4.30. The van der Waals surface area contributed by atoms with Gasteiger partial charge in [0, 0.05) is 19.0 Å². The Bertz CT molecular complexity index is 385. The number of fused-ring (bicyclic) bond motifs is 2. The van der Waals surface area contributed by atoms with Gasteiger partial charge in [-0.25, -0.2) is 5.01 Å². The summed E-state index contributed by atoms with van der Waals surface area (Å²) >= 11 is 0. The molecule has 0 atom stereocenters. The molecule has 3 aliphatic heterocycles. The molecule has 0 bridgehead atoms. The summed E-state index contributed by atoms with van der Waals surface area (Å²) in [6, 6.07) is 0. The molecule has 64 valence electrons. The van der Waals surface area contributed by atoms with E-state index in [0.29, 0.717) is 0 Å². The summed E-state index contributed by atoms with van der Waals surface area (Å²) in [5.74, 6) is 0. The Morgan fingerprint density at radius 3 is 3.15 bits per heavy atom. The normalized spacial score (nSPS) is 22.8. The van der Waals surface area contributed by atoms with E-state index in [9.17, 15) is 0 Å². The highest BCUT2D eigenvalue weighted by Crippen LogP contribution is 2.25. The van der Waals surface area contributed by atoms with Crippen molar-refractivity contribution in [3.63, 3.8) is 0 Å². The van der Waals surface area contributed by atoms with Crippen LogP contribution in [0.1, 0.15) is 0 Å². The average Bonchev–Trinajstić information content (AvgIpc) is 2.61. The molecule has 0 aromatic carbocycles. The number of allylic oxidation sites excluding steroid dienone is 3. The van der Waals surface area contributed by atoms with Crippen LogP contribution in [0.4, 0.5) is 0 Å². The van der Waals surface area contributed by atoms with Crippen molar-refractivity contribution in [2.45, 2.75) is 0 Å². The van der Waals surface area contributed by atoms with Crippen LogP contribution < -0.4 is 0 Å². The van der Waals surface area contributed by atoms with Crippen molar-refractivity contribution < 1.29 is 0 Å². The van der Waals surface area contributed by atoms with Gasteiger partial charge in [-0.3, -0.25) is 0 Å². The van der Waals surface area contributed by atoms with Crippen molar-refractivity contribution >= 4 is 6.21 Å². The van der Waals surface area contributed by atoms with E-state index in [-0.39, 0.29) is 0 Å². The van der Waals surface area contributed by atoms with Gasteiger partial charge in [0.25, 0.3) is 0 Å². The first-order chi connectivity index (χ1) is 6.43. The molecule has 3 rings (SSSR count). The molecule has 0 saturated carbocycles. The van der Waals surface area contributed by atoms with Gasteiger partial charge in [-0.05, 0) is 18.2 Å². The monoisotopic (exact) mass is 171 g/mol. The quantitative estimate of drug-likeness (QED) is 0.548. The highest BCUT2D eigenvalue weighted by atomic mass is 15.5. The fraction of sp³-hybridized carbons (Fsp3) is 0.100. The van der Waals surface area contributed by atoms with E-state index in [1.807, 2.05) is 17.3 Å². The Kier molecular flexibility index (Phi) is 1.22. The second kappa shape index (κ2) is 2.36. The summed E-state index contributed by atoms with van der Waals surface area (Å²) in [4.78, 5) is 2.21. The summed E-state index contributed by atoms with van der Waals surface area (Å²) in [6.45, 7) is 0.973. The molecule has 0 spiro atoms. The van der Waals surface area contributed by atoms with Crippen molar-refractivity contribution in [1.29, 1.82) is 0 Å². The second-order valence-corrected chi connectivity index (χ2v) is 3.13. The molecule has 0 aliphatic carbocycles. The Morgan fingerprint density at radius 1 is 1.15 bits per heavy atom. The third kappa shape index (κ3) is 0.935. The van der Waals surface area contributed by atoms with Crippen molar-refractivity contribution in [2.24, 2.45) is 5.10 Å². The van der Waals surface area contributed by atoms with Gasteiger partial charge in [0.05, 0.1) is 17.6 Å². The highest BCUT2D eigenvalue weighted by molar-refractivity contribution is 5.73. The van der Waals surface area contributed by atoms with Crippen molar-refractivity contribution in [2.75, 3.05) is 6.54 Å². The van der Waals surface area contributed by atoms with Gasteiger partial charge < -0.3 is 4.90 Å². The van der Waals surface area contributed by atoms with Crippen molar-refractivity contribution in [1.82, 2.24) is 9.91 Å². The van der Waals surface area contributed by atoms with Crippen LogP contribution in [0, 0.1) is 0 Å². The first-order valence-corrected chi connectivity index (χ1v) is 4.30. The Balaban J connectivity index is 2.04. The Morgan fingerprint density at radius 2 is 2.15 bits per heavy atom. The van der Waals surface area contributed by atoms with Gasteiger partial charge in [0.15, 0.2) is 0 Å². The van der Waals surface area contributed by atoms with Crippen LogP contribution in [0.2, 0.25) is 0 Å². The molecule has 0 fully saturated rings. The highest BCUT2D eigenvalue weighted by Gasteiger charge is 2.18. The third-order valence-electron chi connectivity index (χ3n) is 2.27. The molecule has 0 N–H and O–H groups in total. The summed E-state index contributed by atoms with van der Waals surface area (Å²) < 4.78 is 0. The van der Waals surface area contributed by atoms with E-state index in [2.05, 4.69) is 34.4 Å². The van der Waals surface area contributed by atoms with Crippen LogP contribution in [-0.4, -0.2) is 22.7 Å². The molecular weight excluding hydrogens is 162 g/mol. The fourth-order valence-corrected chi connectivity index (χ4v) is 1.62. The lowest BCUT2D eigenvalue weighted by molar-refractivity contribution is 0.426. The number of hydrogen-bond acceptors (Lipinski definition) is 3. The SMILES string of the molecule is C1=CC2=CN3CC=CC3=CN2N=C1. The fourth-order valence-electron chi connectivity index (χ4n) is 1.62. The molecule has 0 saturated heterocycles. The number of hydrogen-bond donors (Lipinski definition) is 0. The van der Waals surface area contributed by atoms with Crippen molar-refractivity contribution in [3.8, 4) is 0 Å². The number of nitrogens with zero attached hydrogens (tertiary/aromatic N) is 3. The van der Waals surface area contributed by atoms with E-state index in [0.717, 1.165) is 12.2 Å². The molecular formula is C10H9N3. The predicted molar refractivity (Wildman–Crippen MR) is 51.5 cm³/mol. The maximum Gasteiger partial charge on any atom is 0.0809 e. The van der Waals surface area contributed by atoms with Gasteiger partial charge in [-0.15, -0.1) is 0 Å². The molecule has 3 heteroatoms. The zero-order chi connectivity index (χ0) is 8.67. The molecule has 0 unspecified atom stereocenters. The Labute approximate surface area is 76.6 Å². The van der Waals surface area contributed by atoms with Crippen LogP contribution in [0.25, 0.3) is 0 Å². The zero-order valence-corrected chi connectivity index (χ0v) is 7.09. The maximum absolute atomic E-state index is 4.23. The zero-order valence-electron chi connectivity index (χ0n) is 7.09.